The molecular weight excluding hydrogens is 406 g/mol. The van der Waals surface area contributed by atoms with Gasteiger partial charge < -0.3 is 14.3 Å². The molecule has 1 aliphatic heterocycles. The summed E-state index contributed by atoms with van der Waals surface area (Å²) in [7, 11) is 1.57. The van der Waals surface area contributed by atoms with Crippen molar-refractivity contribution in [2.45, 2.75) is 33.7 Å². The Balaban J connectivity index is 1.96. The van der Waals surface area contributed by atoms with Crippen molar-refractivity contribution in [3.63, 3.8) is 0 Å². The van der Waals surface area contributed by atoms with Gasteiger partial charge in [-0.3, -0.25) is 14.5 Å². The molecule has 4 rings (SSSR count). The van der Waals surface area contributed by atoms with Crippen LogP contribution in [0.5, 0.6) is 5.75 Å². The molecule has 2 aromatic carbocycles. The standard InChI is InChI=1S/C26H25NO5/c1-14-6-7-15(2)19(12-14)27-23(21-10-8-17(4)32-21)22(25(29)26(27)30)24(28)18-9-11-20(31-5)16(3)13-18/h6-13,23,28H,1-5H3/b24-22-. The molecule has 1 aromatic heterocycles. The van der Waals surface area contributed by atoms with Crippen molar-refractivity contribution in [2.24, 2.45) is 0 Å². The summed E-state index contributed by atoms with van der Waals surface area (Å²) in [5, 5.41) is 11.2. The van der Waals surface area contributed by atoms with Gasteiger partial charge >= 0.3 is 0 Å². The second-order valence-electron chi connectivity index (χ2n) is 8.09. The molecule has 3 aromatic rings. The quantitative estimate of drug-likeness (QED) is 0.351. The highest BCUT2D eigenvalue weighted by Crippen LogP contribution is 2.44. The van der Waals surface area contributed by atoms with Crippen molar-refractivity contribution >= 4 is 23.1 Å². The van der Waals surface area contributed by atoms with Gasteiger partial charge in [-0.1, -0.05) is 12.1 Å². The van der Waals surface area contributed by atoms with Crippen LogP contribution >= 0.6 is 0 Å². The molecule has 1 amide bonds. The third-order valence-electron chi connectivity index (χ3n) is 5.77. The minimum Gasteiger partial charge on any atom is -0.507 e. The fraction of sp³-hybridized carbons (Fsp3) is 0.231. The van der Waals surface area contributed by atoms with E-state index in [0.29, 0.717) is 28.5 Å². The maximum Gasteiger partial charge on any atom is 0.300 e. The van der Waals surface area contributed by atoms with Gasteiger partial charge in [0.25, 0.3) is 11.7 Å². The van der Waals surface area contributed by atoms with Gasteiger partial charge in [0.05, 0.1) is 12.7 Å². The smallest absolute Gasteiger partial charge is 0.300 e. The van der Waals surface area contributed by atoms with E-state index in [-0.39, 0.29) is 11.3 Å². The summed E-state index contributed by atoms with van der Waals surface area (Å²) in [6.07, 6.45) is 0. The predicted molar refractivity (Wildman–Crippen MR) is 122 cm³/mol. The summed E-state index contributed by atoms with van der Waals surface area (Å²) in [6, 6.07) is 13.4. The number of carbonyl (C=O) groups is 2. The minimum absolute atomic E-state index is 0.00479. The molecule has 0 bridgehead atoms. The molecule has 32 heavy (non-hydrogen) atoms. The van der Waals surface area contributed by atoms with Gasteiger partial charge in [-0.15, -0.1) is 0 Å². The van der Waals surface area contributed by atoms with E-state index in [1.54, 1.807) is 44.4 Å². The summed E-state index contributed by atoms with van der Waals surface area (Å²) in [4.78, 5) is 27.9. The topological polar surface area (TPSA) is 80.0 Å². The van der Waals surface area contributed by atoms with Crippen LogP contribution in [0.2, 0.25) is 0 Å². The number of anilines is 1. The van der Waals surface area contributed by atoms with Crippen molar-refractivity contribution in [1.29, 1.82) is 0 Å². The van der Waals surface area contributed by atoms with Crippen LogP contribution in [0.25, 0.3) is 5.76 Å². The number of amides is 1. The molecule has 1 saturated heterocycles. The number of nitrogens with zero attached hydrogens (tertiary/aromatic N) is 1. The number of ketones is 1. The normalized spacial score (nSPS) is 17.8. The molecule has 1 fully saturated rings. The number of aliphatic hydroxyl groups excluding tert-OH is 1. The molecule has 0 saturated carbocycles. The molecule has 0 radical (unpaired) electrons. The molecule has 0 spiro atoms. The van der Waals surface area contributed by atoms with E-state index in [1.165, 1.54) is 4.90 Å². The molecule has 1 N–H and O–H groups in total. The number of ether oxygens (including phenoxy) is 1. The van der Waals surface area contributed by atoms with E-state index in [9.17, 15) is 14.7 Å². The molecule has 0 aliphatic carbocycles. The second-order valence-corrected chi connectivity index (χ2v) is 8.09. The van der Waals surface area contributed by atoms with Gasteiger partial charge in [0.1, 0.15) is 29.1 Å². The largest absolute Gasteiger partial charge is 0.507 e. The first-order valence-corrected chi connectivity index (χ1v) is 10.3. The Morgan fingerprint density at radius 3 is 2.34 bits per heavy atom. The molecule has 164 valence electrons. The number of furan rings is 1. The summed E-state index contributed by atoms with van der Waals surface area (Å²) in [6.45, 7) is 7.44. The first-order chi connectivity index (χ1) is 15.2. The Hall–Kier alpha value is -3.80. The zero-order valence-electron chi connectivity index (χ0n) is 18.7. The summed E-state index contributed by atoms with van der Waals surface area (Å²) >= 11 is 0. The molecule has 6 heteroatoms. The molecular formula is C26H25NO5. The second kappa shape index (κ2) is 8.04. The average Bonchev–Trinajstić information content (AvgIpc) is 3.30. The maximum atomic E-state index is 13.2. The van der Waals surface area contributed by atoms with Crippen LogP contribution in [0.4, 0.5) is 5.69 Å². The van der Waals surface area contributed by atoms with Crippen molar-refractivity contribution in [1.82, 2.24) is 0 Å². The monoisotopic (exact) mass is 431 g/mol. The third-order valence-corrected chi connectivity index (χ3v) is 5.77. The van der Waals surface area contributed by atoms with Crippen LogP contribution in [0.15, 0.2) is 58.5 Å². The summed E-state index contributed by atoms with van der Waals surface area (Å²) in [5.41, 5.74) is 3.62. The highest BCUT2D eigenvalue weighted by molar-refractivity contribution is 6.51. The molecule has 1 unspecified atom stereocenters. The minimum atomic E-state index is -0.883. The zero-order valence-corrected chi connectivity index (χ0v) is 18.7. The van der Waals surface area contributed by atoms with Gasteiger partial charge in [0.2, 0.25) is 0 Å². The molecule has 1 atom stereocenters. The average molecular weight is 431 g/mol. The number of aliphatic hydroxyl groups is 1. The van der Waals surface area contributed by atoms with Gasteiger partial charge in [-0.25, -0.2) is 0 Å². The van der Waals surface area contributed by atoms with E-state index >= 15 is 0 Å². The number of Topliss-reactive ketones (excluding diaryl/α,β-unsaturated/α-hetero) is 1. The van der Waals surface area contributed by atoms with Crippen LogP contribution in [-0.2, 0) is 9.59 Å². The lowest BCUT2D eigenvalue weighted by atomic mass is 9.98. The Kier molecular flexibility index (Phi) is 5.38. The lowest BCUT2D eigenvalue weighted by molar-refractivity contribution is -0.132. The van der Waals surface area contributed by atoms with Crippen LogP contribution in [0.3, 0.4) is 0 Å². The number of hydrogen-bond donors (Lipinski definition) is 1. The highest BCUT2D eigenvalue weighted by Gasteiger charge is 2.48. The van der Waals surface area contributed by atoms with Gasteiger partial charge in [-0.2, -0.15) is 0 Å². The highest BCUT2D eigenvalue weighted by atomic mass is 16.5. The number of methoxy groups -OCH3 is 1. The van der Waals surface area contributed by atoms with Crippen LogP contribution < -0.4 is 9.64 Å². The first-order valence-electron chi connectivity index (χ1n) is 10.3. The van der Waals surface area contributed by atoms with Crippen LogP contribution in [-0.4, -0.2) is 23.9 Å². The fourth-order valence-corrected chi connectivity index (χ4v) is 4.11. The zero-order chi connectivity index (χ0) is 23.2. The number of aryl methyl sites for hydroxylation is 4. The lowest BCUT2D eigenvalue weighted by Crippen LogP contribution is -2.30. The van der Waals surface area contributed by atoms with Crippen LogP contribution in [0.1, 0.15) is 39.8 Å². The molecule has 2 heterocycles. The molecule has 1 aliphatic rings. The number of rotatable bonds is 4. The van der Waals surface area contributed by atoms with Crippen molar-refractivity contribution in [2.75, 3.05) is 12.0 Å². The van der Waals surface area contributed by atoms with Crippen molar-refractivity contribution in [3.05, 3.63) is 87.9 Å². The number of hydrogen-bond acceptors (Lipinski definition) is 5. The Bertz CT molecular complexity index is 1270. The van der Waals surface area contributed by atoms with Crippen molar-refractivity contribution < 1.29 is 23.8 Å². The van der Waals surface area contributed by atoms with E-state index in [0.717, 1.165) is 16.7 Å². The summed E-state index contributed by atoms with van der Waals surface area (Å²) in [5.74, 6) is 0.0123. The first kappa shape index (κ1) is 21.4. The number of benzene rings is 2. The lowest BCUT2D eigenvalue weighted by Gasteiger charge is -2.25. The SMILES string of the molecule is COc1ccc(/C(O)=C2/C(=O)C(=O)N(c3cc(C)ccc3C)C2c2ccc(C)o2)cc1C. The van der Waals surface area contributed by atoms with Gasteiger partial charge in [0.15, 0.2) is 0 Å². The predicted octanol–water partition coefficient (Wildman–Crippen LogP) is 5.15. The number of carbonyl (C=O) groups excluding carboxylic acids is 2. The van der Waals surface area contributed by atoms with Crippen molar-refractivity contribution in [3.8, 4) is 5.75 Å². The molecule has 6 nitrogen and oxygen atoms in total. The van der Waals surface area contributed by atoms with Gasteiger partial charge in [0, 0.05) is 11.3 Å². The van der Waals surface area contributed by atoms with E-state index < -0.39 is 17.7 Å². The van der Waals surface area contributed by atoms with Gasteiger partial charge in [-0.05, 0) is 80.8 Å². The Labute approximate surface area is 186 Å². The Morgan fingerprint density at radius 2 is 1.72 bits per heavy atom. The maximum absolute atomic E-state index is 13.2. The summed E-state index contributed by atoms with van der Waals surface area (Å²) < 4.78 is 11.1. The van der Waals surface area contributed by atoms with Crippen LogP contribution in [0, 0.1) is 27.7 Å². The van der Waals surface area contributed by atoms with E-state index in [1.807, 2.05) is 39.0 Å². The van der Waals surface area contributed by atoms with E-state index in [2.05, 4.69) is 0 Å². The van der Waals surface area contributed by atoms with E-state index in [4.69, 9.17) is 9.15 Å². The third kappa shape index (κ3) is 3.47. The Morgan fingerprint density at radius 1 is 0.969 bits per heavy atom. The fourth-order valence-electron chi connectivity index (χ4n) is 4.11.